The van der Waals surface area contributed by atoms with E-state index in [1.807, 2.05) is 48.5 Å². The van der Waals surface area contributed by atoms with Crippen LogP contribution in [0.15, 0.2) is 77.1 Å². The Morgan fingerprint density at radius 2 is 1.66 bits per heavy atom. The van der Waals surface area contributed by atoms with Gasteiger partial charge in [0.2, 0.25) is 5.91 Å². The number of rotatable bonds is 6. The summed E-state index contributed by atoms with van der Waals surface area (Å²) >= 11 is 3.00. The van der Waals surface area contributed by atoms with Gasteiger partial charge in [-0.25, -0.2) is 4.98 Å². The predicted octanol–water partition coefficient (Wildman–Crippen LogP) is 5.60. The van der Waals surface area contributed by atoms with E-state index in [0.717, 1.165) is 25.7 Å². The normalized spacial score (nSPS) is 10.8. The number of nitrogens with one attached hydrogen (secondary N) is 1. The molecule has 29 heavy (non-hydrogen) atoms. The highest BCUT2D eigenvalue weighted by atomic mass is 32.2. The van der Waals surface area contributed by atoms with Crippen LogP contribution in [0.25, 0.3) is 21.3 Å². The number of amides is 1. The lowest BCUT2D eigenvalue weighted by Gasteiger charge is -2.06. The highest BCUT2D eigenvalue weighted by molar-refractivity contribution is 8.01. The molecule has 0 bridgehead atoms. The quantitative estimate of drug-likeness (QED) is 0.249. The molecule has 1 amide bonds. The molecule has 8 heteroatoms. The zero-order valence-corrected chi connectivity index (χ0v) is 16.7. The number of thiazole rings is 1. The van der Waals surface area contributed by atoms with E-state index in [-0.39, 0.29) is 17.3 Å². The number of nitrogens with zero attached hydrogens (tertiary/aromatic N) is 2. The Hall–Kier alpha value is -3.23. The van der Waals surface area contributed by atoms with Crippen molar-refractivity contribution in [1.29, 1.82) is 0 Å². The molecule has 0 atom stereocenters. The van der Waals surface area contributed by atoms with Crippen molar-refractivity contribution >= 4 is 50.6 Å². The van der Waals surface area contributed by atoms with Gasteiger partial charge in [0.1, 0.15) is 0 Å². The van der Waals surface area contributed by atoms with Gasteiger partial charge < -0.3 is 5.32 Å². The summed E-state index contributed by atoms with van der Waals surface area (Å²) in [7, 11) is 0. The Kier molecular flexibility index (Phi) is 5.55. The Morgan fingerprint density at radius 1 is 1.00 bits per heavy atom. The van der Waals surface area contributed by atoms with E-state index in [2.05, 4.69) is 10.3 Å². The third-order valence-corrected chi connectivity index (χ3v) is 6.36. The van der Waals surface area contributed by atoms with Crippen molar-refractivity contribution in [3.63, 3.8) is 0 Å². The summed E-state index contributed by atoms with van der Waals surface area (Å²) < 4.78 is 1.98. The van der Waals surface area contributed by atoms with Gasteiger partial charge in [0, 0.05) is 17.8 Å². The molecule has 1 aromatic heterocycles. The number of fused-ring (bicyclic) bond motifs is 1. The van der Waals surface area contributed by atoms with Gasteiger partial charge in [-0.1, -0.05) is 36.0 Å². The Balaban J connectivity index is 1.35. The van der Waals surface area contributed by atoms with Crippen molar-refractivity contribution in [3.8, 4) is 11.1 Å². The Bertz CT molecular complexity index is 1140. The first-order chi connectivity index (χ1) is 14.1. The Morgan fingerprint density at radius 3 is 2.31 bits per heavy atom. The molecule has 0 aliphatic carbocycles. The van der Waals surface area contributed by atoms with Crippen molar-refractivity contribution in [2.24, 2.45) is 0 Å². The van der Waals surface area contributed by atoms with Crippen LogP contribution in [-0.2, 0) is 4.79 Å². The molecule has 0 fully saturated rings. The molecular weight excluding hydrogens is 406 g/mol. The number of non-ortho nitro benzene ring substituents is 1. The van der Waals surface area contributed by atoms with Crippen molar-refractivity contribution in [2.45, 2.75) is 4.34 Å². The molecule has 4 rings (SSSR count). The van der Waals surface area contributed by atoms with Gasteiger partial charge >= 0.3 is 0 Å². The topological polar surface area (TPSA) is 85.1 Å². The fraction of sp³-hybridized carbons (Fsp3) is 0.0476. The second-order valence-electron chi connectivity index (χ2n) is 6.17. The number of carbonyl (C=O) groups excluding carboxylic acids is 1. The van der Waals surface area contributed by atoms with E-state index in [1.54, 1.807) is 23.5 Å². The number of nitro benzene ring substituents is 1. The number of thioether (sulfide) groups is 1. The molecule has 144 valence electrons. The van der Waals surface area contributed by atoms with E-state index in [1.165, 1.54) is 23.9 Å². The highest BCUT2D eigenvalue weighted by Gasteiger charge is 2.09. The van der Waals surface area contributed by atoms with Crippen molar-refractivity contribution in [3.05, 3.63) is 82.9 Å². The van der Waals surface area contributed by atoms with Crippen LogP contribution in [0.5, 0.6) is 0 Å². The van der Waals surface area contributed by atoms with Gasteiger partial charge in [0.15, 0.2) is 4.34 Å². The maximum absolute atomic E-state index is 12.2. The average Bonchev–Trinajstić information content (AvgIpc) is 3.16. The highest BCUT2D eigenvalue weighted by Crippen LogP contribution is 2.29. The zero-order valence-electron chi connectivity index (χ0n) is 15.1. The minimum atomic E-state index is -0.422. The molecule has 1 N–H and O–H groups in total. The third kappa shape index (κ3) is 4.61. The molecule has 0 aliphatic rings. The van der Waals surface area contributed by atoms with E-state index in [0.29, 0.717) is 5.69 Å². The summed E-state index contributed by atoms with van der Waals surface area (Å²) in [5.41, 5.74) is 3.50. The number of benzene rings is 3. The standard InChI is InChI=1S/C21H15N3O3S2/c25-20(13-28-21-23-18-3-1-2-4-19(18)29-21)22-16-9-5-14(6-10-16)15-7-11-17(12-8-15)24(26)27/h1-12H,13H2,(H,22,25). The van der Waals surface area contributed by atoms with Crippen LogP contribution >= 0.6 is 23.1 Å². The van der Waals surface area contributed by atoms with Crippen molar-refractivity contribution in [2.75, 3.05) is 11.1 Å². The molecule has 0 saturated heterocycles. The molecule has 0 unspecified atom stereocenters. The monoisotopic (exact) mass is 421 g/mol. The molecule has 0 radical (unpaired) electrons. The number of para-hydroxylation sites is 1. The Labute approximate surface area is 174 Å². The second-order valence-corrected chi connectivity index (χ2v) is 8.42. The molecule has 0 spiro atoms. The van der Waals surface area contributed by atoms with Gasteiger partial charge in [-0.2, -0.15) is 0 Å². The number of anilines is 1. The van der Waals surface area contributed by atoms with E-state index in [4.69, 9.17) is 0 Å². The number of carbonyl (C=O) groups is 1. The first-order valence-electron chi connectivity index (χ1n) is 8.71. The van der Waals surface area contributed by atoms with E-state index < -0.39 is 4.92 Å². The molecular formula is C21H15N3O3S2. The lowest BCUT2D eigenvalue weighted by molar-refractivity contribution is -0.384. The lowest BCUT2D eigenvalue weighted by atomic mass is 10.1. The van der Waals surface area contributed by atoms with Gasteiger partial charge in [0.05, 0.1) is 20.9 Å². The van der Waals surface area contributed by atoms with Crippen LogP contribution in [-0.4, -0.2) is 21.6 Å². The number of aromatic nitrogens is 1. The minimum absolute atomic E-state index is 0.0586. The van der Waals surface area contributed by atoms with Crippen LogP contribution in [0.2, 0.25) is 0 Å². The molecule has 4 aromatic rings. The summed E-state index contributed by atoms with van der Waals surface area (Å²) in [6.45, 7) is 0. The minimum Gasteiger partial charge on any atom is -0.325 e. The largest absolute Gasteiger partial charge is 0.325 e. The van der Waals surface area contributed by atoms with Crippen LogP contribution < -0.4 is 5.32 Å². The maximum Gasteiger partial charge on any atom is 0.269 e. The molecule has 6 nitrogen and oxygen atoms in total. The summed E-state index contributed by atoms with van der Waals surface area (Å²) in [6, 6.07) is 21.6. The van der Waals surface area contributed by atoms with Crippen LogP contribution in [0.3, 0.4) is 0 Å². The van der Waals surface area contributed by atoms with Gasteiger partial charge in [0.25, 0.3) is 5.69 Å². The predicted molar refractivity (Wildman–Crippen MR) is 118 cm³/mol. The molecule has 0 aliphatic heterocycles. The summed E-state index contributed by atoms with van der Waals surface area (Å²) in [4.78, 5) is 27.1. The van der Waals surface area contributed by atoms with E-state index >= 15 is 0 Å². The molecule has 0 saturated carbocycles. The fourth-order valence-electron chi connectivity index (χ4n) is 2.76. The van der Waals surface area contributed by atoms with Crippen molar-refractivity contribution in [1.82, 2.24) is 4.98 Å². The van der Waals surface area contributed by atoms with Gasteiger partial charge in [-0.15, -0.1) is 11.3 Å². The average molecular weight is 422 g/mol. The fourth-order valence-corrected chi connectivity index (χ4v) is 4.63. The summed E-state index contributed by atoms with van der Waals surface area (Å²) in [5, 5.41) is 13.6. The van der Waals surface area contributed by atoms with Crippen molar-refractivity contribution < 1.29 is 9.72 Å². The first kappa shape index (κ1) is 19.1. The number of hydrogen-bond donors (Lipinski definition) is 1. The lowest BCUT2D eigenvalue weighted by Crippen LogP contribution is -2.13. The molecule has 3 aromatic carbocycles. The van der Waals surface area contributed by atoms with Gasteiger partial charge in [-0.3, -0.25) is 14.9 Å². The van der Waals surface area contributed by atoms with Crippen LogP contribution in [0.4, 0.5) is 11.4 Å². The first-order valence-corrected chi connectivity index (χ1v) is 10.5. The van der Waals surface area contributed by atoms with Gasteiger partial charge in [-0.05, 0) is 47.5 Å². The SMILES string of the molecule is O=C(CSc1nc2ccccc2s1)Nc1ccc(-c2ccc([N+](=O)[O-])cc2)cc1. The van der Waals surface area contributed by atoms with E-state index in [9.17, 15) is 14.9 Å². The number of hydrogen-bond acceptors (Lipinski definition) is 6. The third-order valence-electron chi connectivity index (χ3n) is 4.18. The summed E-state index contributed by atoms with van der Waals surface area (Å²) in [6.07, 6.45) is 0. The maximum atomic E-state index is 12.2. The smallest absolute Gasteiger partial charge is 0.269 e. The number of nitro groups is 1. The summed E-state index contributed by atoms with van der Waals surface area (Å²) in [5.74, 6) is 0.182. The van der Waals surface area contributed by atoms with Crippen LogP contribution in [0.1, 0.15) is 0 Å². The molecule has 1 heterocycles. The second kappa shape index (κ2) is 8.42. The van der Waals surface area contributed by atoms with Crippen LogP contribution in [0, 0.1) is 10.1 Å². The zero-order chi connectivity index (χ0) is 20.2.